The van der Waals surface area contributed by atoms with E-state index in [4.69, 9.17) is 9.47 Å². The van der Waals surface area contributed by atoms with E-state index < -0.39 is 39.1 Å². The molecule has 45 heavy (non-hydrogen) atoms. The van der Waals surface area contributed by atoms with Gasteiger partial charge in [-0.1, -0.05) is 12.1 Å². The molecule has 5 rings (SSSR count). The van der Waals surface area contributed by atoms with E-state index in [1.54, 1.807) is 49.2 Å². The predicted molar refractivity (Wildman–Crippen MR) is 168 cm³/mol. The number of aromatic hydroxyl groups is 1. The zero-order valence-electron chi connectivity index (χ0n) is 25.3. The van der Waals surface area contributed by atoms with Crippen LogP contribution in [0.1, 0.15) is 49.9 Å². The summed E-state index contributed by atoms with van der Waals surface area (Å²) in [6.07, 6.45) is 1.99. The molecule has 1 saturated heterocycles. The third-order valence-corrected chi connectivity index (χ3v) is 10.2. The van der Waals surface area contributed by atoms with E-state index in [-0.39, 0.29) is 22.4 Å². The van der Waals surface area contributed by atoms with Crippen LogP contribution in [0.3, 0.4) is 0 Å². The van der Waals surface area contributed by atoms with Gasteiger partial charge in [0.1, 0.15) is 6.04 Å². The quantitative estimate of drug-likeness (QED) is 0.177. The maximum Gasteiger partial charge on any atom is 0.411 e. The van der Waals surface area contributed by atoms with E-state index in [0.717, 1.165) is 5.39 Å². The van der Waals surface area contributed by atoms with Crippen LogP contribution in [0.2, 0.25) is 0 Å². The Bertz CT molecular complexity index is 1860. The zero-order chi connectivity index (χ0) is 32.5. The Balaban J connectivity index is 1.59. The number of methoxy groups -OCH3 is 2. The average molecular weight is 639 g/mol. The van der Waals surface area contributed by atoms with Gasteiger partial charge >= 0.3 is 6.09 Å². The molecule has 0 spiro atoms. The van der Waals surface area contributed by atoms with Crippen LogP contribution in [0.5, 0.6) is 11.6 Å². The van der Waals surface area contributed by atoms with Crippen LogP contribution in [0.25, 0.3) is 10.8 Å². The fourth-order valence-electron chi connectivity index (χ4n) is 5.60. The van der Waals surface area contributed by atoms with Gasteiger partial charge < -0.3 is 29.8 Å². The summed E-state index contributed by atoms with van der Waals surface area (Å²) < 4.78 is 51.3. The van der Waals surface area contributed by atoms with E-state index >= 15 is 0 Å². The minimum absolute atomic E-state index is 0.0288. The topological polar surface area (TPSA) is 150 Å². The summed E-state index contributed by atoms with van der Waals surface area (Å²) in [6, 6.07) is 12.2. The average Bonchev–Trinajstić information content (AvgIpc) is 3.66. The zero-order valence-corrected chi connectivity index (χ0v) is 26.1. The number of nitrogens with zero attached hydrogens (tertiary/aromatic N) is 1. The molecule has 3 aromatic carbocycles. The van der Waals surface area contributed by atoms with Crippen LogP contribution in [0.4, 0.5) is 20.6 Å². The number of benzene rings is 3. The van der Waals surface area contributed by atoms with Gasteiger partial charge in [0.15, 0.2) is 27.3 Å². The number of rotatable bonds is 9. The van der Waals surface area contributed by atoms with Gasteiger partial charge in [-0.3, -0.25) is 10.1 Å². The number of halogens is 1. The van der Waals surface area contributed by atoms with Crippen LogP contribution in [0, 0.1) is 5.82 Å². The Kier molecular flexibility index (Phi) is 8.91. The number of sulfone groups is 1. The number of fused-ring (bicyclic) bond motifs is 1. The maximum atomic E-state index is 14.5. The van der Waals surface area contributed by atoms with Crippen molar-refractivity contribution in [2.24, 2.45) is 0 Å². The summed E-state index contributed by atoms with van der Waals surface area (Å²) >= 11 is 0. The largest absolute Gasteiger partial charge is 0.494 e. The highest BCUT2D eigenvalue weighted by Gasteiger charge is 2.38. The second-order valence-electron chi connectivity index (χ2n) is 11.1. The van der Waals surface area contributed by atoms with Gasteiger partial charge in [0.25, 0.3) is 0 Å². The molecule has 2 amide bonds. The van der Waals surface area contributed by atoms with E-state index in [0.29, 0.717) is 47.3 Å². The van der Waals surface area contributed by atoms with Gasteiger partial charge in [-0.15, -0.1) is 0 Å². The fraction of sp³-hybridized carbons (Fsp3) is 0.312. The number of likely N-dealkylation sites (tertiary alicyclic amines) is 1. The normalized spacial score (nSPS) is 15.7. The van der Waals surface area contributed by atoms with Gasteiger partial charge in [-0.25, -0.2) is 17.6 Å². The summed E-state index contributed by atoms with van der Waals surface area (Å²) in [7, 11) is -1.23. The molecule has 4 aromatic rings. The van der Waals surface area contributed by atoms with E-state index in [1.165, 1.54) is 44.6 Å². The van der Waals surface area contributed by atoms with Gasteiger partial charge in [-0.05, 0) is 80.3 Å². The molecule has 1 aromatic heterocycles. The number of ether oxygens (including phenoxy) is 2. The molecule has 1 fully saturated rings. The molecular formula is C32H35FN4O7S. The number of carbonyl (C=O) groups is 2. The Morgan fingerprint density at radius 3 is 2.53 bits per heavy atom. The van der Waals surface area contributed by atoms with E-state index in [1.807, 2.05) is 0 Å². The van der Waals surface area contributed by atoms with Crippen molar-refractivity contribution < 1.29 is 37.0 Å². The Labute approximate surface area is 260 Å². The number of aromatic nitrogens is 1. The lowest BCUT2D eigenvalue weighted by molar-refractivity contribution is -0.133. The lowest BCUT2D eigenvalue weighted by Crippen LogP contribution is -2.38. The molecule has 0 aliphatic carbocycles. The molecule has 11 nitrogen and oxygen atoms in total. The van der Waals surface area contributed by atoms with Crippen LogP contribution in [-0.2, 0) is 19.4 Å². The van der Waals surface area contributed by atoms with Gasteiger partial charge in [0.2, 0.25) is 5.91 Å². The number of carbonyl (C=O) groups excluding carboxylic acids is 2. The van der Waals surface area contributed by atoms with Crippen molar-refractivity contribution in [3.05, 3.63) is 77.7 Å². The summed E-state index contributed by atoms with van der Waals surface area (Å²) in [5.41, 5.74) is 1.62. The number of anilines is 2. The second-order valence-corrected chi connectivity index (χ2v) is 13.5. The van der Waals surface area contributed by atoms with E-state index in [2.05, 4.69) is 15.6 Å². The summed E-state index contributed by atoms with van der Waals surface area (Å²) in [5, 5.41) is 16.7. The molecule has 4 N–H and O–H groups in total. The van der Waals surface area contributed by atoms with Gasteiger partial charge in [-0.2, -0.15) is 0 Å². The number of nitrogens with one attached hydrogen (secondary N) is 3. The molecule has 0 unspecified atom stereocenters. The molecule has 1 aliphatic heterocycles. The first-order chi connectivity index (χ1) is 21.4. The van der Waals surface area contributed by atoms with Crippen molar-refractivity contribution in [2.75, 3.05) is 31.4 Å². The maximum absolute atomic E-state index is 14.5. The highest BCUT2D eigenvalue weighted by molar-refractivity contribution is 7.92. The molecule has 2 atom stereocenters. The monoisotopic (exact) mass is 638 g/mol. The predicted octanol–water partition coefficient (Wildman–Crippen LogP) is 5.90. The minimum atomic E-state index is -3.78. The Morgan fingerprint density at radius 1 is 1.07 bits per heavy atom. The number of amides is 2. The van der Waals surface area contributed by atoms with Crippen molar-refractivity contribution in [3.63, 3.8) is 0 Å². The summed E-state index contributed by atoms with van der Waals surface area (Å²) in [6.45, 7) is 3.49. The Morgan fingerprint density at radius 2 is 1.82 bits per heavy atom. The number of aromatic amines is 1. The fourth-order valence-corrected chi connectivity index (χ4v) is 6.89. The molecule has 238 valence electrons. The first-order valence-corrected chi connectivity index (χ1v) is 15.9. The number of H-pyrrole nitrogens is 1. The van der Waals surface area contributed by atoms with Crippen molar-refractivity contribution in [3.8, 4) is 11.6 Å². The summed E-state index contributed by atoms with van der Waals surface area (Å²) in [5.74, 6) is -1.05. The number of hydrogen-bond acceptors (Lipinski definition) is 8. The van der Waals surface area contributed by atoms with Crippen molar-refractivity contribution in [1.82, 2.24) is 9.88 Å². The lowest BCUT2D eigenvalue weighted by Gasteiger charge is -2.32. The minimum Gasteiger partial charge on any atom is -0.494 e. The van der Waals surface area contributed by atoms with Crippen LogP contribution < -0.4 is 15.4 Å². The van der Waals surface area contributed by atoms with Crippen molar-refractivity contribution >= 4 is 44.0 Å². The highest BCUT2D eigenvalue weighted by atomic mass is 32.2. The van der Waals surface area contributed by atoms with Crippen molar-refractivity contribution in [1.29, 1.82) is 0 Å². The molecule has 0 bridgehead atoms. The van der Waals surface area contributed by atoms with Crippen LogP contribution in [-0.4, -0.2) is 61.4 Å². The second kappa shape index (κ2) is 12.7. The van der Waals surface area contributed by atoms with Gasteiger partial charge in [0.05, 0.1) is 30.4 Å². The molecule has 0 radical (unpaired) electrons. The van der Waals surface area contributed by atoms with Crippen LogP contribution in [0.15, 0.2) is 65.7 Å². The summed E-state index contributed by atoms with van der Waals surface area (Å²) in [4.78, 5) is 31.0. The first kappa shape index (κ1) is 31.6. The third kappa shape index (κ3) is 6.25. The third-order valence-electron chi connectivity index (χ3n) is 8.00. The standard InChI is InChI=1S/C32H35FN4O7S/c1-18(2)45(41,42)28-12-10-22(36-32(40)44-4)16-24(28)26-6-5-13-37(26)31(39)29(19-8-11-25(33)27(14-19)43-3)35-21-9-7-20-17-34-30(38)23(20)15-21/h7-12,14-18,26,29,34-35,38H,5-6,13H2,1-4H3,(H,36,40)/t26-,29-/m1/s1. The smallest absolute Gasteiger partial charge is 0.411 e. The molecule has 0 saturated carbocycles. The molecule has 2 heterocycles. The molecule has 1 aliphatic rings. The van der Waals surface area contributed by atoms with Crippen LogP contribution >= 0.6 is 0 Å². The SMILES string of the molecule is COC(=O)Nc1ccc(S(=O)(=O)C(C)C)c([C@H]2CCCN2C(=O)[C@H](Nc2ccc3c[nH]c(O)c3c2)c2ccc(F)c(OC)c2)c1. The molecular weight excluding hydrogens is 603 g/mol. The van der Waals surface area contributed by atoms with E-state index in [9.17, 15) is 27.5 Å². The highest BCUT2D eigenvalue weighted by Crippen LogP contribution is 2.40. The van der Waals surface area contributed by atoms with Gasteiger partial charge in [0, 0.05) is 34.9 Å². The Hall–Kier alpha value is -4.78. The van der Waals surface area contributed by atoms with Crippen molar-refractivity contribution in [2.45, 2.75) is 48.9 Å². The molecule has 13 heteroatoms. The lowest BCUT2D eigenvalue weighted by atomic mass is 10.0. The number of hydrogen-bond donors (Lipinski definition) is 4. The first-order valence-electron chi connectivity index (χ1n) is 14.4.